The Morgan fingerprint density at radius 2 is 0.941 bits per heavy atom. The van der Waals surface area contributed by atoms with E-state index in [9.17, 15) is 51.2 Å². The van der Waals surface area contributed by atoms with Crippen molar-refractivity contribution < 1.29 is 76.4 Å². The Labute approximate surface area is 382 Å². The van der Waals surface area contributed by atoms with Crippen LogP contribution in [0, 0.1) is 11.8 Å². The van der Waals surface area contributed by atoms with Crippen molar-refractivity contribution >= 4 is 29.8 Å². The fraction of sp³-hybridized carbons (Fsp3) is 0.853. The van der Waals surface area contributed by atoms with E-state index in [2.05, 4.69) is 60.2 Å². The zero-order valence-electron chi connectivity index (χ0n) is 36.9. The highest BCUT2D eigenvalue weighted by atomic mass is 16.8. The molecule has 19 atom stereocenters. The number of aliphatic carboxylic acids is 1. The van der Waals surface area contributed by atoms with Gasteiger partial charge < -0.3 is 52.5 Å². The number of nitrogens with zero attached hydrogens (tertiary/aromatic N) is 18. The van der Waals surface area contributed by atoms with Crippen LogP contribution >= 0.6 is 0 Å². The van der Waals surface area contributed by atoms with Gasteiger partial charge in [-0.3, -0.25) is 24.0 Å². The van der Waals surface area contributed by atoms with Crippen molar-refractivity contribution in [3.63, 3.8) is 0 Å². The number of carboxylic acids is 1. The number of azide groups is 6. The van der Waals surface area contributed by atoms with E-state index in [0.29, 0.717) is 0 Å². The molecule has 3 saturated heterocycles. The molecule has 0 radical (unpaired) electrons. The fourth-order valence-electron chi connectivity index (χ4n) is 8.28. The van der Waals surface area contributed by atoms with Crippen LogP contribution in [-0.2, 0) is 71.3 Å². The molecule has 1 N–H and O–H groups in total. The van der Waals surface area contributed by atoms with Crippen LogP contribution in [-0.4, -0.2) is 152 Å². The Hall–Kier alpha value is -7.03. The molecule has 368 valence electrons. The highest BCUT2D eigenvalue weighted by molar-refractivity contribution is 5.68. The second kappa shape index (κ2) is 25.2. The molecule has 1 saturated carbocycles. The Morgan fingerprint density at radius 1 is 0.500 bits per heavy atom. The molecule has 1 aliphatic carbocycles. The number of carboxylic acid groups (broad SMARTS) is 1. The van der Waals surface area contributed by atoms with Gasteiger partial charge in [0.2, 0.25) is 0 Å². The summed E-state index contributed by atoms with van der Waals surface area (Å²) in [5.74, 6) is -6.35. The summed E-state index contributed by atoms with van der Waals surface area (Å²) in [5, 5.41) is 32.2. The van der Waals surface area contributed by atoms with Crippen LogP contribution in [0.4, 0.5) is 0 Å². The third kappa shape index (κ3) is 13.5. The molecule has 34 heteroatoms. The Balaban J connectivity index is 1.90. The summed E-state index contributed by atoms with van der Waals surface area (Å²) in [7, 11) is 0. The lowest BCUT2D eigenvalue weighted by atomic mass is 9.81. The van der Waals surface area contributed by atoms with Gasteiger partial charge in [-0.15, -0.1) is 0 Å². The molecule has 0 spiro atoms. The lowest BCUT2D eigenvalue weighted by molar-refractivity contribution is -0.298. The highest BCUT2D eigenvalue weighted by Gasteiger charge is 2.58. The van der Waals surface area contributed by atoms with Crippen molar-refractivity contribution in [3.05, 3.63) is 62.7 Å². The highest BCUT2D eigenvalue weighted by Crippen LogP contribution is 2.41. The SMILES string of the molecule is CC(=O)OC1C(OC(C)=O)[C@H](CN=[N+]=[N-])OC(O[C@@H]2C(OC(C)=O)[C@H](O[C@@H]3C(OC(C)=O)[C@H](N=[N+]=[N-])CC(N=[N+]=[N-])[C@@H]3O[C@@H]3OC(CN=[N+]=[N-])[C@H](C)[C@H](C)C3N=[N+]=[N-])O[C@@H]2CC(=O)O)[C@@H]1N=[N+]=[N-]. The molecular formula is C34H46N18O16. The molecule has 4 fully saturated rings. The van der Waals surface area contributed by atoms with Gasteiger partial charge in [-0.05, 0) is 51.4 Å². The average molecular weight is 963 g/mol. The van der Waals surface area contributed by atoms with Crippen LogP contribution in [0.15, 0.2) is 30.7 Å². The van der Waals surface area contributed by atoms with E-state index in [1.54, 1.807) is 13.8 Å². The summed E-state index contributed by atoms with van der Waals surface area (Å²) >= 11 is 0. The summed E-state index contributed by atoms with van der Waals surface area (Å²) in [5.41, 5.74) is 56.8. The minimum atomic E-state index is -1.99. The molecule has 3 aliphatic heterocycles. The summed E-state index contributed by atoms with van der Waals surface area (Å²) in [6.07, 6.45) is -23.0. The van der Waals surface area contributed by atoms with Gasteiger partial charge in [0.15, 0.2) is 37.2 Å². The van der Waals surface area contributed by atoms with E-state index in [1.807, 2.05) is 0 Å². The number of hydrogen-bond donors (Lipinski definition) is 1. The zero-order chi connectivity index (χ0) is 50.2. The van der Waals surface area contributed by atoms with Gasteiger partial charge >= 0.3 is 29.8 Å². The van der Waals surface area contributed by atoms with Gasteiger partial charge in [-0.1, -0.05) is 44.5 Å². The molecule has 3 heterocycles. The van der Waals surface area contributed by atoms with Crippen LogP contribution < -0.4 is 0 Å². The third-order valence-corrected chi connectivity index (χ3v) is 11.2. The first-order valence-electron chi connectivity index (χ1n) is 20.4. The van der Waals surface area contributed by atoms with E-state index in [1.165, 1.54) is 0 Å². The van der Waals surface area contributed by atoms with Crippen LogP contribution in [0.5, 0.6) is 0 Å². The third-order valence-electron chi connectivity index (χ3n) is 11.2. The Morgan fingerprint density at radius 3 is 1.49 bits per heavy atom. The first-order valence-corrected chi connectivity index (χ1v) is 20.4. The van der Waals surface area contributed by atoms with Crippen molar-refractivity contribution in [2.24, 2.45) is 42.5 Å². The molecule has 0 aromatic heterocycles. The lowest BCUT2D eigenvalue weighted by Gasteiger charge is -2.48. The smallest absolute Gasteiger partial charge is 0.306 e. The maximum absolute atomic E-state index is 12.9. The number of carbonyl (C=O) groups is 5. The molecule has 34 nitrogen and oxygen atoms in total. The topological polar surface area (TPSA) is 490 Å². The summed E-state index contributed by atoms with van der Waals surface area (Å²) in [6.45, 7) is 6.56. The molecule has 0 bridgehead atoms. The minimum Gasteiger partial charge on any atom is -0.481 e. The Bertz CT molecular complexity index is 2170. The maximum atomic E-state index is 12.9. The minimum absolute atomic E-state index is 0.208. The zero-order valence-corrected chi connectivity index (χ0v) is 36.9. The molecule has 68 heavy (non-hydrogen) atoms. The molecule has 4 rings (SSSR count). The second-order valence-electron chi connectivity index (χ2n) is 15.5. The first kappa shape index (κ1) is 53.6. The summed E-state index contributed by atoms with van der Waals surface area (Å²) < 4.78 is 59.5. The van der Waals surface area contributed by atoms with Gasteiger partial charge in [0, 0.05) is 57.2 Å². The van der Waals surface area contributed by atoms with Crippen molar-refractivity contribution in [1.29, 1.82) is 0 Å². The van der Waals surface area contributed by atoms with E-state index < -0.39 is 159 Å². The van der Waals surface area contributed by atoms with Crippen molar-refractivity contribution in [3.8, 4) is 0 Å². The quantitative estimate of drug-likeness (QED) is 0.0575. The maximum Gasteiger partial charge on any atom is 0.306 e. The van der Waals surface area contributed by atoms with Gasteiger partial charge in [-0.25, -0.2) is 0 Å². The largest absolute Gasteiger partial charge is 0.481 e. The van der Waals surface area contributed by atoms with Crippen LogP contribution in [0.1, 0.15) is 54.4 Å². The summed E-state index contributed by atoms with van der Waals surface area (Å²) in [4.78, 5) is 79.6. The van der Waals surface area contributed by atoms with Gasteiger partial charge in [-0.2, -0.15) is 0 Å². The average Bonchev–Trinajstić information content (AvgIpc) is 3.55. The van der Waals surface area contributed by atoms with Gasteiger partial charge in [0.25, 0.3) is 0 Å². The first-order chi connectivity index (χ1) is 32.4. The number of hydrogen-bond acceptors (Lipinski definition) is 21. The van der Waals surface area contributed by atoms with Crippen molar-refractivity contribution in [1.82, 2.24) is 0 Å². The monoisotopic (exact) mass is 962 g/mol. The molecule has 4 aliphatic rings. The van der Waals surface area contributed by atoms with Gasteiger partial charge in [0.05, 0.1) is 49.8 Å². The second-order valence-corrected chi connectivity index (χ2v) is 15.5. The molecule has 0 aromatic rings. The van der Waals surface area contributed by atoms with Gasteiger partial charge in [0.1, 0.15) is 36.6 Å². The number of esters is 4. The van der Waals surface area contributed by atoms with Crippen molar-refractivity contribution in [2.45, 2.75) is 158 Å². The van der Waals surface area contributed by atoms with E-state index in [-0.39, 0.29) is 13.0 Å². The number of carbonyl (C=O) groups excluding carboxylic acids is 4. The predicted molar refractivity (Wildman–Crippen MR) is 218 cm³/mol. The van der Waals surface area contributed by atoms with Crippen LogP contribution in [0.2, 0.25) is 0 Å². The van der Waals surface area contributed by atoms with Crippen molar-refractivity contribution in [2.75, 3.05) is 13.1 Å². The van der Waals surface area contributed by atoms with E-state index in [4.69, 9.17) is 58.4 Å². The molecular weight excluding hydrogens is 916 g/mol. The molecule has 0 aromatic carbocycles. The van der Waals surface area contributed by atoms with Crippen LogP contribution in [0.25, 0.3) is 62.7 Å². The lowest BCUT2D eigenvalue weighted by Crippen LogP contribution is -2.62. The Kier molecular flexibility index (Phi) is 19.9. The number of rotatable bonds is 20. The normalized spacial score (nSPS) is 36.1. The van der Waals surface area contributed by atoms with Crippen LogP contribution in [0.3, 0.4) is 0 Å². The van der Waals surface area contributed by atoms with E-state index in [0.717, 1.165) is 27.7 Å². The number of ether oxygens (including phenoxy) is 10. The summed E-state index contributed by atoms with van der Waals surface area (Å²) in [6, 6.07) is -5.70. The fourth-order valence-corrected chi connectivity index (χ4v) is 8.28. The van der Waals surface area contributed by atoms with E-state index >= 15 is 0 Å². The standard InChI is InChI=1S/C34H46N18O16/c1-11-12(2)23(45-51-39)32(64-20(11)9-41-47-35)66-26-18(44-50-38)7-17(43-49-37)25(59-13(3)53)30(26)68-34-31(62-16(6)56)27(19(63-34)8-22(57)58)67-33-24(46-52-40)29(61-15(5)55)28(60-14(4)54)21(65-33)10-42-48-36/h11-12,17-21,23-34H,7-10H2,1-6H3,(H,57,58)/t11-,12+,17-,18?,19-,20?,21+,23?,24-,25?,26+,27+,28?,29?,30-,31?,32+,33?,34+/m1/s1. The predicted octanol–water partition coefficient (Wildman–Crippen LogP) is 4.53. The molecule has 0 amide bonds. The molecule has 8 unspecified atom stereocenters.